The summed E-state index contributed by atoms with van der Waals surface area (Å²) in [5.41, 5.74) is 0.668. The molecule has 0 saturated heterocycles. The summed E-state index contributed by atoms with van der Waals surface area (Å²) in [5.74, 6) is 2.10. The first-order chi connectivity index (χ1) is 12.7. The van der Waals surface area contributed by atoms with Gasteiger partial charge in [-0.05, 0) is 30.7 Å². The van der Waals surface area contributed by atoms with E-state index in [9.17, 15) is 0 Å². The van der Waals surface area contributed by atoms with E-state index in [4.69, 9.17) is 19.3 Å². The SMILES string of the molecule is CCCCNC1=NC2(ON1C)c1ccccc1OCOc1ccccc12. The van der Waals surface area contributed by atoms with Gasteiger partial charge in [0.1, 0.15) is 11.5 Å². The second-order valence-electron chi connectivity index (χ2n) is 6.35. The van der Waals surface area contributed by atoms with Gasteiger partial charge in [0.25, 0.3) is 0 Å². The highest BCUT2D eigenvalue weighted by Crippen LogP contribution is 2.47. The van der Waals surface area contributed by atoms with E-state index in [0.29, 0.717) is 17.5 Å². The number of hydrogen-bond donors (Lipinski definition) is 1. The fraction of sp³-hybridized carbons (Fsp3) is 0.350. The lowest BCUT2D eigenvalue weighted by molar-refractivity contribution is -0.155. The molecule has 2 aromatic rings. The fourth-order valence-corrected chi connectivity index (χ4v) is 3.27. The molecule has 0 radical (unpaired) electrons. The van der Waals surface area contributed by atoms with Gasteiger partial charge in [-0.2, -0.15) is 0 Å². The molecule has 2 aliphatic heterocycles. The van der Waals surface area contributed by atoms with Crippen molar-refractivity contribution < 1.29 is 14.3 Å². The number of fused-ring (bicyclic) bond motifs is 4. The zero-order chi connectivity index (χ0) is 18.0. The Balaban J connectivity index is 1.86. The van der Waals surface area contributed by atoms with E-state index in [1.807, 2.05) is 55.6 Å². The Morgan fingerprint density at radius 3 is 2.27 bits per heavy atom. The molecule has 1 N–H and O–H groups in total. The van der Waals surface area contributed by atoms with Gasteiger partial charge in [-0.25, -0.2) is 14.9 Å². The third-order valence-electron chi connectivity index (χ3n) is 4.58. The molecule has 2 aromatic carbocycles. The maximum absolute atomic E-state index is 6.33. The van der Waals surface area contributed by atoms with Crippen molar-refractivity contribution in [3.8, 4) is 11.5 Å². The monoisotopic (exact) mass is 353 g/mol. The Bertz CT molecular complexity index is 774. The zero-order valence-corrected chi connectivity index (χ0v) is 15.1. The molecule has 6 nitrogen and oxygen atoms in total. The molecule has 4 rings (SSSR count). The molecule has 26 heavy (non-hydrogen) atoms. The maximum Gasteiger partial charge on any atom is 0.247 e. The molecule has 0 fully saturated rings. The molecule has 0 aromatic heterocycles. The average molecular weight is 353 g/mol. The molecular formula is C20H23N3O3. The summed E-state index contributed by atoms with van der Waals surface area (Å²) in [7, 11) is 1.86. The van der Waals surface area contributed by atoms with Gasteiger partial charge in [0.05, 0.1) is 11.1 Å². The van der Waals surface area contributed by atoms with Crippen LogP contribution >= 0.6 is 0 Å². The maximum atomic E-state index is 6.33. The molecule has 2 heterocycles. The van der Waals surface area contributed by atoms with Gasteiger partial charge in [-0.3, -0.25) is 0 Å². The quantitative estimate of drug-likeness (QED) is 0.859. The Morgan fingerprint density at radius 2 is 1.65 bits per heavy atom. The van der Waals surface area contributed by atoms with Crippen molar-refractivity contribution in [1.82, 2.24) is 10.4 Å². The van der Waals surface area contributed by atoms with Crippen molar-refractivity contribution in [2.24, 2.45) is 4.99 Å². The number of hydroxylamine groups is 2. The van der Waals surface area contributed by atoms with Crippen molar-refractivity contribution >= 4 is 5.96 Å². The van der Waals surface area contributed by atoms with Gasteiger partial charge >= 0.3 is 0 Å². The Labute approximate surface area is 153 Å². The first-order valence-corrected chi connectivity index (χ1v) is 8.96. The summed E-state index contributed by atoms with van der Waals surface area (Å²) in [4.78, 5) is 11.3. The summed E-state index contributed by atoms with van der Waals surface area (Å²) in [5, 5.41) is 5.06. The first-order valence-electron chi connectivity index (χ1n) is 8.96. The van der Waals surface area contributed by atoms with Gasteiger partial charge in [-0.15, -0.1) is 0 Å². The number of rotatable bonds is 3. The molecule has 0 atom stereocenters. The fourth-order valence-electron chi connectivity index (χ4n) is 3.27. The van der Waals surface area contributed by atoms with Gasteiger partial charge < -0.3 is 14.8 Å². The topological polar surface area (TPSA) is 55.3 Å². The van der Waals surface area contributed by atoms with Crippen molar-refractivity contribution in [3.63, 3.8) is 0 Å². The highest BCUT2D eigenvalue weighted by molar-refractivity contribution is 5.81. The molecule has 0 bridgehead atoms. The Morgan fingerprint density at radius 1 is 1.04 bits per heavy atom. The van der Waals surface area contributed by atoms with E-state index in [1.54, 1.807) is 5.06 Å². The highest BCUT2D eigenvalue weighted by atomic mass is 16.7. The molecule has 0 aliphatic carbocycles. The third kappa shape index (κ3) is 2.76. The van der Waals surface area contributed by atoms with Gasteiger partial charge in [0.15, 0.2) is 0 Å². The van der Waals surface area contributed by atoms with E-state index < -0.39 is 5.72 Å². The minimum Gasteiger partial charge on any atom is -0.457 e. The molecule has 136 valence electrons. The molecule has 6 heteroatoms. The smallest absolute Gasteiger partial charge is 0.247 e. The van der Waals surface area contributed by atoms with E-state index in [0.717, 1.165) is 30.5 Å². The largest absolute Gasteiger partial charge is 0.457 e. The summed E-state index contributed by atoms with van der Waals surface area (Å²) >= 11 is 0. The van der Waals surface area contributed by atoms with Crippen molar-refractivity contribution in [3.05, 3.63) is 59.7 Å². The lowest BCUT2D eigenvalue weighted by Crippen LogP contribution is -2.36. The minimum atomic E-state index is -1.04. The molecule has 0 saturated carbocycles. The van der Waals surface area contributed by atoms with E-state index in [2.05, 4.69) is 12.2 Å². The van der Waals surface area contributed by atoms with Gasteiger partial charge in [0.2, 0.25) is 18.5 Å². The lowest BCUT2D eigenvalue weighted by Gasteiger charge is -2.31. The Kier molecular flexibility index (Phi) is 4.42. The number of aliphatic imine (C=N–C) groups is 1. The number of nitrogens with zero attached hydrogens (tertiary/aromatic N) is 2. The van der Waals surface area contributed by atoms with E-state index in [-0.39, 0.29) is 6.79 Å². The van der Waals surface area contributed by atoms with Crippen LogP contribution in [0.2, 0.25) is 0 Å². The van der Waals surface area contributed by atoms with Crippen LogP contribution in [0.4, 0.5) is 0 Å². The number of nitrogens with one attached hydrogen (secondary N) is 1. The minimum absolute atomic E-state index is 0.144. The van der Waals surface area contributed by atoms with Crippen LogP contribution < -0.4 is 14.8 Å². The van der Waals surface area contributed by atoms with Crippen molar-refractivity contribution in [2.75, 3.05) is 20.4 Å². The molecule has 2 aliphatic rings. The number of unbranched alkanes of at least 4 members (excludes halogenated alkanes) is 1. The van der Waals surface area contributed by atoms with Crippen molar-refractivity contribution in [2.45, 2.75) is 25.5 Å². The number of hydrogen-bond acceptors (Lipinski definition) is 6. The van der Waals surface area contributed by atoms with Gasteiger partial charge in [-0.1, -0.05) is 37.6 Å². The van der Waals surface area contributed by atoms with Gasteiger partial charge in [0, 0.05) is 13.6 Å². The van der Waals surface area contributed by atoms with Crippen LogP contribution in [0.15, 0.2) is 53.5 Å². The van der Waals surface area contributed by atoms with Crippen LogP contribution in [-0.2, 0) is 10.6 Å². The second kappa shape index (κ2) is 6.88. The van der Waals surface area contributed by atoms with E-state index in [1.165, 1.54) is 0 Å². The van der Waals surface area contributed by atoms with Crippen LogP contribution in [0.3, 0.4) is 0 Å². The van der Waals surface area contributed by atoms with Crippen molar-refractivity contribution in [1.29, 1.82) is 0 Å². The summed E-state index contributed by atoms with van der Waals surface area (Å²) in [6.07, 6.45) is 2.18. The highest BCUT2D eigenvalue weighted by Gasteiger charge is 2.48. The third-order valence-corrected chi connectivity index (χ3v) is 4.58. The zero-order valence-electron chi connectivity index (χ0n) is 15.1. The summed E-state index contributed by atoms with van der Waals surface area (Å²) in [6, 6.07) is 15.6. The second-order valence-corrected chi connectivity index (χ2v) is 6.35. The standard InChI is InChI=1S/C20H23N3O3/c1-3-4-13-21-19-22-20(26-23(19)2)15-9-5-7-11-17(15)24-14-25-18-12-8-6-10-16(18)20/h5-12H,3-4,13-14H2,1-2H3,(H,21,22). The predicted octanol–water partition coefficient (Wildman–Crippen LogP) is 3.24. The van der Waals surface area contributed by atoms with Crippen LogP contribution in [0, 0.1) is 0 Å². The summed E-state index contributed by atoms with van der Waals surface area (Å²) < 4.78 is 11.7. The van der Waals surface area contributed by atoms with Crippen LogP contribution in [-0.4, -0.2) is 31.4 Å². The van der Waals surface area contributed by atoms with Crippen LogP contribution in [0.5, 0.6) is 11.5 Å². The number of guanidine groups is 1. The van der Waals surface area contributed by atoms with E-state index >= 15 is 0 Å². The normalized spacial score (nSPS) is 17.3. The number of ether oxygens (including phenoxy) is 2. The molecule has 0 amide bonds. The predicted molar refractivity (Wildman–Crippen MR) is 99.0 cm³/mol. The lowest BCUT2D eigenvalue weighted by atomic mass is 9.93. The Hall–Kier alpha value is -2.73. The molecular weight excluding hydrogens is 330 g/mol. The molecule has 0 unspecified atom stereocenters. The summed E-state index contributed by atoms with van der Waals surface area (Å²) in [6.45, 7) is 3.15. The average Bonchev–Trinajstić information content (AvgIpc) is 2.99. The first kappa shape index (κ1) is 16.7. The number of para-hydroxylation sites is 2. The molecule has 1 spiro atoms. The van der Waals surface area contributed by atoms with Crippen LogP contribution in [0.1, 0.15) is 30.9 Å². The number of benzene rings is 2. The van der Waals surface area contributed by atoms with Crippen LogP contribution in [0.25, 0.3) is 0 Å².